The highest BCUT2D eigenvalue weighted by atomic mass is 79.9. The number of hydrogen-bond donors (Lipinski definition) is 1. The van der Waals surface area contributed by atoms with Crippen LogP contribution in [0.4, 0.5) is 0 Å². The maximum atomic E-state index is 5.30. The van der Waals surface area contributed by atoms with Crippen LogP contribution in [0.3, 0.4) is 0 Å². The summed E-state index contributed by atoms with van der Waals surface area (Å²) in [7, 11) is 1.70. The van der Waals surface area contributed by atoms with Gasteiger partial charge in [0.05, 0.1) is 10.2 Å². The molecule has 19 heavy (non-hydrogen) atoms. The summed E-state index contributed by atoms with van der Waals surface area (Å²) in [5, 5.41) is 0. The molecule has 1 aromatic heterocycles. The van der Waals surface area contributed by atoms with Gasteiger partial charge in [-0.3, -0.25) is 0 Å². The first-order chi connectivity index (χ1) is 9.22. The Morgan fingerprint density at radius 3 is 2.74 bits per heavy atom. The lowest BCUT2D eigenvalue weighted by atomic mass is 10.1. The van der Waals surface area contributed by atoms with Crippen LogP contribution in [-0.4, -0.2) is 23.7 Å². The van der Waals surface area contributed by atoms with Gasteiger partial charge in [0.25, 0.3) is 0 Å². The Bertz CT molecular complexity index is 598. The third-order valence-corrected chi connectivity index (χ3v) is 4.07. The molecule has 5 heteroatoms. The van der Waals surface area contributed by atoms with Gasteiger partial charge in [-0.15, -0.1) is 0 Å². The number of nitrogens with one attached hydrogen (secondary N) is 1. The van der Waals surface area contributed by atoms with E-state index < -0.39 is 0 Å². The van der Waals surface area contributed by atoms with Crippen molar-refractivity contribution in [3.63, 3.8) is 0 Å². The van der Waals surface area contributed by atoms with Crippen LogP contribution >= 0.6 is 28.1 Å². The minimum atomic E-state index is 0.588. The highest BCUT2D eigenvalue weighted by Gasteiger charge is 2.08. The van der Waals surface area contributed by atoms with Gasteiger partial charge in [-0.25, -0.2) is 4.98 Å². The molecule has 0 saturated carbocycles. The summed E-state index contributed by atoms with van der Waals surface area (Å²) in [6.07, 6.45) is 1.75. The monoisotopic (exact) mass is 338 g/mol. The number of aromatic nitrogens is 2. The SMILES string of the molecule is COCCCc1nc(=S)c(Br)c(-c2ccccc2)[nH]1. The summed E-state index contributed by atoms with van der Waals surface area (Å²) in [5.74, 6) is 0.893. The number of nitrogens with zero attached hydrogens (tertiary/aromatic N) is 1. The summed E-state index contributed by atoms with van der Waals surface area (Å²) in [6, 6.07) is 10.1. The Kier molecular flexibility index (Phi) is 5.24. The van der Waals surface area contributed by atoms with Crippen molar-refractivity contribution in [2.75, 3.05) is 13.7 Å². The van der Waals surface area contributed by atoms with Crippen LogP contribution in [0.5, 0.6) is 0 Å². The zero-order chi connectivity index (χ0) is 13.7. The first-order valence-electron chi connectivity index (χ1n) is 6.05. The fourth-order valence-corrected chi connectivity index (χ4v) is 2.44. The highest BCUT2D eigenvalue weighted by Crippen LogP contribution is 2.26. The molecule has 0 aliphatic heterocycles. The molecule has 100 valence electrons. The predicted octanol–water partition coefficient (Wildman–Crippen LogP) is 4.15. The van der Waals surface area contributed by atoms with E-state index in [-0.39, 0.29) is 0 Å². The molecule has 0 bridgehead atoms. The lowest BCUT2D eigenvalue weighted by molar-refractivity contribution is 0.194. The number of aryl methyl sites for hydroxylation is 1. The van der Waals surface area contributed by atoms with Crippen LogP contribution in [0, 0.1) is 4.64 Å². The average Bonchev–Trinajstić information content (AvgIpc) is 2.44. The Morgan fingerprint density at radius 2 is 2.05 bits per heavy atom. The van der Waals surface area contributed by atoms with E-state index in [2.05, 4.69) is 25.9 Å². The number of methoxy groups -OCH3 is 1. The van der Waals surface area contributed by atoms with Crippen molar-refractivity contribution >= 4 is 28.1 Å². The first-order valence-corrected chi connectivity index (χ1v) is 7.25. The van der Waals surface area contributed by atoms with E-state index in [1.165, 1.54) is 0 Å². The fourth-order valence-electron chi connectivity index (χ4n) is 1.81. The van der Waals surface area contributed by atoms with Crippen LogP contribution < -0.4 is 0 Å². The number of benzene rings is 1. The maximum Gasteiger partial charge on any atom is 0.144 e. The van der Waals surface area contributed by atoms with E-state index in [1.54, 1.807) is 7.11 Å². The molecule has 0 aliphatic rings. The van der Waals surface area contributed by atoms with Crippen LogP contribution in [0.2, 0.25) is 0 Å². The van der Waals surface area contributed by atoms with Crippen LogP contribution in [0.1, 0.15) is 12.2 Å². The first kappa shape index (κ1) is 14.4. The van der Waals surface area contributed by atoms with E-state index in [9.17, 15) is 0 Å². The molecular weight excluding hydrogens is 324 g/mol. The molecule has 3 nitrogen and oxygen atoms in total. The molecule has 0 saturated heterocycles. The number of ether oxygens (including phenoxy) is 1. The largest absolute Gasteiger partial charge is 0.385 e. The average molecular weight is 339 g/mol. The fraction of sp³-hybridized carbons (Fsp3) is 0.286. The van der Waals surface area contributed by atoms with Gasteiger partial charge in [0.15, 0.2) is 0 Å². The van der Waals surface area contributed by atoms with Crippen LogP contribution in [0.15, 0.2) is 34.8 Å². The molecule has 2 rings (SSSR count). The van der Waals surface area contributed by atoms with Crippen LogP contribution in [0.25, 0.3) is 11.3 Å². The zero-order valence-corrected chi connectivity index (χ0v) is 13.1. The summed E-state index contributed by atoms with van der Waals surface area (Å²) >= 11 is 8.81. The smallest absolute Gasteiger partial charge is 0.144 e. The number of aromatic amines is 1. The number of rotatable bonds is 5. The summed E-state index contributed by atoms with van der Waals surface area (Å²) in [4.78, 5) is 7.74. The summed E-state index contributed by atoms with van der Waals surface area (Å²) in [6.45, 7) is 0.721. The number of halogens is 1. The topological polar surface area (TPSA) is 37.9 Å². The van der Waals surface area contributed by atoms with Gasteiger partial charge in [-0.2, -0.15) is 0 Å². The molecule has 2 aromatic rings. The normalized spacial score (nSPS) is 10.6. The van der Waals surface area contributed by atoms with Crippen molar-refractivity contribution in [3.8, 4) is 11.3 Å². The van der Waals surface area contributed by atoms with Gasteiger partial charge in [0.1, 0.15) is 10.5 Å². The van der Waals surface area contributed by atoms with E-state index in [4.69, 9.17) is 17.0 Å². The molecule has 1 N–H and O–H groups in total. The molecule has 0 aliphatic carbocycles. The zero-order valence-electron chi connectivity index (χ0n) is 10.6. The van der Waals surface area contributed by atoms with E-state index >= 15 is 0 Å². The Hall–Kier alpha value is -1.04. The molecule has 0 fully saturated rings. The van der Waals surface area contributed by atoms with Gasteiger partial charge in [0.2, 0.25) is 0 Å². The molecule has 0 atom stereocenters. The summed E-state index contributed by atoms with van der Waals surface area (Å²) < 4.78 is 6.48. The Balaban J connectivity index is 2.35. The molecule has 0 radical (unpaired) electrons. The second kappa shape index (κ2) is 6.93. The Labute approximate surface area is 126 Å². The quantitative estimate of drug-likeness (QED) is 0.657. The third-order valence-electron chi connectivity index (χ3n) is 2.74. The van der Waals surface area contributed by atoms with E-state index in [0.717, 1.165) is 41.0 Å². The minimum absolute atomic E-state index is 0.588. The second-order valence-corrected chi connectivity index (χ2v) is 5.32. The van der Waals surface area contributed by atoms with E-state index in [1.807, 2.05) is 30.3 Å². The molecule has 0 spiro atoms. The van der Waals surface area contributed by atoms with Crippen molar-refractivity contribution < 1.29 is 4.74 Å². The van der Waals surface area contributed by atoms with Crippen molar-refractivity contribution in [2.24, 2.45) is 0 Å². The molecule has 0 amide bonds. The number of H-pyrrole nitrogens is 1. The Morgan fingerprint density at radius 1 is 1.32 bits per heavy atom. The molecule has 0 unspecified atom stereocenters. The summed E-state index contributed by atoms with van der Waals surface area (Å²) in [5.41, 5.74) is 2.07. The third kappa shape index (κ3) is 3.72. The lowest BCUT2D eigenvalue weighted by Crippen LogP contribution is -2.01. The minimum Gasteiger partial charge on any atom is -0.385 e. The number of hydrogen-bond acceptors (Lipinski definition) is 3. The highest BCUT2D eigenvalue weighted by molar-refractivity contribution is 9.10. The van der Waals surface area contributed by atoms with Gasteiger partial charge in [-0.05, 0) is 27.9 Å². The van der Waals surface area contributed by atoms with Crippen molar-refractivity contribution in [1.29, 1.82) is 0 Å². The lowest BCUT2D eigenvalue weighted by Gasteiger charge is -2.08. The molecular formula is C14H15BrN2OS. The maximum absolute atomic E-state index is 5.30. The second-order valence-electron chi connectivity index (χ2n) is 4.14. The van der Waals surface area contributed by atoms with Gasteiger partial charge < -0.3 is 9.72 Å². The van der Waals surface area contributed by atoms with Crippen molar-refractivity contribution in [3.05, 3.63) is 45.3 Å². The predicted molar refractivity (Wildman–Crippen MR) is 82.8 cm³/mol. The van der Waals surface area contributed by atoms with Gasteiger partial charge >= 0.3 is 0 Å². The van der Waals surface area contributed by atoms with Crippen molar-refractivity contribution in [1.82, 2.24) is 9.97 Å². The van der Waals surface area contributed by atoms with Crippen LogP contribution in [-0.2, 0) is 11.2 Å². The standard InChI is InChI=1S/C14H15BrN2OS/c1-18-9-5-8-11-16-13(12(15)14(19)17-11)10-6-3-2-4-7-10/h2-4,6-7H,5,8-9H2,1H3,(H,16,17,19). The van der Waals surface area contributed by atoms with Gasteiger partial charge in [-0.1, -0.05) is 42.5 Å². The van der Waals surface area contributed by atoms with E-state index in [0.29, 0.717) is 4.64 Å². The van der Waals surface area contributed by atoms with Gasteiger partial charge in [0, 0.05) is 20.1 Å². The molecule has 1 heterocycles. The molecule has 1 aromatic carbocycles. The van der Waals surface area contributed by atoms with Crippen molar-refractivity contribution in [2.45, 2.75) is 12.8 Å².